The average molecular weight is 2310 g/mol. The Morgan fingerprint density at radius 1 is 0.322 bits per heavy atom. The van der Waals surface area contributed by atoms with E-state index in [-0.39, 0.29) is 106 Å². The van der Waals surface area contributed by atoms with Crippen LogP contribution >= 0.6 is 133 Å². The van der Waals surface area contributed by atoms with Crippen LogP contribution in [0.4, 0.5) is 34.9 Å². The van der Waals surface area contributed by atoms with Crippen molar-refractivity contribution in [3.05, 3.63) is 128 Å². The van der Waals surface area contributed by atoms with E-state index in [1.807, 2.05) is 6.92 Å². The summed E-state index contributed by atoms with van der Waals surface area (Å²) >= 11 is 30.3. The number of aryl methyl sites for hydroxylation is 3. The van der Waals surface area contributed by atoms with Crippen LogP contribution in [-0.2, 0) is 128 Å². The predicted molar refractivity (Wildman–Crippen MR) is 533 cm³/mol. The molecular formula is C72H95N28O32P7S7. The molecule has 0 aromatic carbocycles. The van der Waals surface area contributed by atoms with Crippen molar-refractivity contribution in [1.29, 1.82) is 0 Å². The topological polar surface area (TPSA) is 768 Å². The molecule has 7 saturated heterocycles. The Balaban J connectivity index is 0.555. The van der Waals surface area contributed by atoms with Crippen LogP contribution in [0.2, 0.25) is 0 Å². The number of nitrogen functional groups attached to an aromatic ring is 6. The molecule has 7 aliphatic rings. The number of rotatable bonds is 41. The van der Waals surface area contributed by atoms with Gasteiger partial charge in [0, 0.05) is 87.3 Å². The number of thiol groups is 7. The zero-order valence-corrected chi connectivity index (χ0v) is 89.1. The number of hydrogen-bond donors (Lipinski definition) is 14. The fraction of sp³-hybridized carbons (Fsp3) is 0.556. The molecule has 792 valence electrons. The van der Waals surface area contributed by atoms with Crippen LogP contribution in [0.25, 0.3) is 44.7 Å². The molecule has 18 rings (SSSR count). The molecule has 0 aliphatic carbocycles. The molecule has 11 aromatic rings. The van der Waals surface area contributed by atoms with Gasteiger partial charge in [0.1, 0.15) is 176 Å². The number of hydrogen-bond acceptors (Lipinski definition) is 52. The molecule has 7 fully saturated rings. The highest BCUT2D eigenvalue weighted by Crippen LogP contribution is 2.65. The maximum atomic E-state index is 15.1. The van der Waals surface area contributed by atoms with E-state index in [2.05, 4.69) is 161 Å². The van der Waals surface area contributed by atoms with E-state index in [1.165, 1.54) is 89.8 Å². The number of imidazole rings is 4. The van der Waals surface area contributed by atoms with E-state index in [4.69, 9.17) is 131 Å². The van der Waals surface area contributed by atoms with E-state index in [1.54, 1.807) is 18.4 Å². The van der Waals surface area contributed by atoms with Crippen molar-refractivity contribution in [2.75, 3.05) is 81.2 Å². The third-order valence-corrected chi connectivity index (χ3v) is 36.0. The lowest BCUT2D eigenvalue weighted by Gasteiger charge is -2.27. The molecule has 0 spiro atoms. The molecule has 28 atom stereocenters. The summed E-state index contributed by atoms with van der Waals surface area (Å²) in [6, 6.07) is 0. The van der Waals surface area contributed by atoms with Gasteiger partial charge in [-0.05, 0) is 27.2 Å². The maximum absolute atomic E-state index is 15.1. The average Bonchev–Trinajstić information content (AvgIpc) is 1.73. The second-order valence-electron chi connectivity index (χ2n) is 34.0. The van der Waals surface area contributed by atoms with Crippen molar-refractivity contribution < 1.29 is 128 Å². The molecule has 0 saturated carbocycles. The van der Waals surface area contributed by atoms with Crippen LogP contribution in [0.5, 0.6) is 0 Å². The molecule has 60 nitrogen and oxygen atoms in total. The highest BCUT2D eigenvalue weighted by Gasteiger charge is 2.53. The van der Waals surface area contributed by atoms with Gasteiger partial charge in [-0.15, -0.1) is 0 Å². The second-order valence-corrected chi connectivity index (χ2v) is 54.3. The maximum Gasteiger partial charge on any atom is 0.386 e. The van der Waals surface area contributed by atoms with Gasteiger partial charge in [-0.2, -0.15) is 9.97 Å². The third kappa shape index (κ3) is 24.5. The molecule has 0 amide bonds. The second kappa shape index (κ2) is 43.7. The third-order valence-electron chi connectivity index (χ3n) is 24.4. The fourth-order valence-corrected chi connectivity index (χ4v) is 27.4. The van der Waals surface area contributed by atoms with Gasteiger partial charge in [0.15, 0.2) is 45.9 Å². The molecule has 14 unspecified atom stereocenters. The lowest BCUT2D eigenvalue weighted by Crippen LogP contribution is -2.33. The van der Waals surface area contributed by atoms with Crippen LogP contribution in [0.3, 0.4) is 0 Å². The first kappa shape index (κ1) is 108. The van der Waals surface area contributed by atoms with Crippen molar-refractivity contribution in [2.24, 2.45) is 0 Å². The Hall–Kier alpha value is -7.34. The number of aromatic nitrogens is 22. The smallest absolute Gasteiger partial charge is 0.383 e. The zero-order chi connectivity index (χ0) is 104. The summed E-state index contributed by atoms with van der Waals surface area (Å²) in [5, 5.41) is 0. The monoisotopic (exact) mass is 2300 g/mol. The van der Waals surface area contributed by atoms with E-state index < -0.39 is 252 Å². The van der Waals surface area contributed by atoms with E-state index in [0.717, 1.165) is 20.8 Å². The predicted octanol–water partition coefficient (Wildman–Crippen LogP) is 7.96. The van der Waals surface area contributed by atoms with Crippen LogP contribution in [0, 0.1) is 20.8 Å². The van der Waals surface area contributed by atoms with Gasteiger partial charge in [-0.1, -0.05) is 92.7 Å². The first-order valence-corrected chi connectivity index (χ1v) is 62.8. The van der Waals surface area contributed by atoms with Crippen molar-refractivity contribution in [1.82, 2.24) is 107 Å². The van der Waals surface area contributed by atoms with Crippen molar-refractivity contribution in [2.45, 2.75) is 208 Å². The van der Waals surface area contributed by atoms with Crippen molar-refractivity contribution in [3.63, 3.8) is 0 Å². The van der Waals surface area contributed by atoms with Crippen molar-refractivity contribution >= 4 is 213 Å². The molecule has 13 N–H and O–H groups in total. The number of anilines is 6. The van der Waals surface area contributed by atoms with Gasteiger partial charge >= 0.3 is 64.7 Å². The van der Waals surface area contributed by atoms with E-state index in [9.17, 15) is 42.0 Å². The Morgan fingerprint density at radius 3 is 0.801 bits per heavy atom. The number of nitrogens with one attached hydrogen (secondary N) is 1. The largest absolute Gasteiger partial charge is 0.386 e. The first-order valence-electron chi connectivity index (χ1n) is 44.0. The number of H-pyrrole nitrogens is 1. The molecular weight excluding hydrogens is 2210 g/mol. The molecule has 11 aromatic heterocycles. The van der Waals surface area contributed by atoms with Gasteiger partial charge in [-0.3, -0.25) is 101 Å². The number of ether oxygens (including phenoxy) is 7. The summed E-state index contributed by atoms with van der Waals surface area (Å²) in [6.45, 7) is -30.6. The number of nitrogens with two attached hydrogens (primary N) is 6. The molecule has 146 heavy (non-hydrogen) atoms. The summed E-state index contributed by atoms with van der Waals surface area (Å²) < 4.78 is 240. The van der Waals surface area contributed by atoms with E-state index >= 15 is 9.13 Å². The highest BCUT2D eigenvalue weighted by atomic mass is 32.7. The summed E-state index contributed by atoms with van der Waals surface area (Å²) in [5.41, 5.74) is 35.7. The van der Waals surface area contributed by atoms with Gasteiger partial charge in [-0.25, -0.2) is 106 Å². The Kier molecular flexibility index (Phi) is 32.4. The Labute approximate surface area is 859 Å². The minimum atomic E-state index is -4.91. The fourth-order valence-electron chi connectivity index (χ4n) is 17.3. The van der Waals surface area contributed by atoms with Gasteiger partial charge in [0.25, 0.3) is 5.56 Å². The zero-order valence-electron chi connectivity index (χ0n) is 76.6. The Morgan fingerprint density at radius 2 is 0.548 bits per heavy atom. The lowest BCUT2D eigenvalue weighted by atomic mass is 10.1. The molecule has 18 heterocycles. The molecule has 74 heteroatoms. The van der Waals surface area contributed by atoms with Crippen molar-refractivity contribution in [3.8, 4) is 0 Å². The number of fused-ring (bicyclic) bond motifs is 4. The minimum Gasteiger partial charge on any atom is -0.383 e. The molecule has 7 aliphatic heterocycles. The van der Waals surface area contributed by atoms with Crippen LogP contribution in [-0.4, -0.2) is 239 Å². The van der Waals surface area contributed by atoms with Gasteiger partial charge in [0.05, 0.1) is 77.2 Å². The summed E-state index contributed by atoms with van der Waals surface area (Å²) in [4.78, 5) is 114. The standard InChI is InChI=1S/C72H95N28O32P7S7/c1-6-34-35(7-51(119-34)97-27-87-55-61(75)79-23-83-65(55)97)127-134(106,141)113-21-46-40(12-53(124-46)99-29-89-57-63(77)81-25-85-67(57)99)132-139(111,146)118-22-47-41(13-54(125-47)100-30-90-58-64(78)82-26-86-68(58)100)131-138(110,145)117-19-44-38(9-49(121-44)95-15-32(3)60(74)92-71(95)103)129-136(108,143)116-20-45-39(10-50(122-45)96-16-33(4)69(101)93-72(96)104)130-137(109,144)115-18-43-37(8-48(120-43)94-14-31(2)59(73)91-70(94)102)128-135(107,142)114-17-42-36(126-133(105,140)112-5)11-52(123-42)98-28-88-56-62(76)80-24-84-66(56)98/h14-16,23-30,34-54H,6-13,17-22H2,1-5H3,(H,105,140)(H,106,141)(H,107,142)(H,108,143)(H,109,144)(H,110,145)(H,111,146)(H2,73,91,102)(H2,74,92,103)(H2,75,79,83)(H2,76,80,84)(H2,77,81,85)(H2,78,82,86)(H,93,101,104)/t34-,35?,36?,37?,38?,39?,40?,41?,42-,43-,44-,45-,46-,47-,48-,49-,50-,51-,52-,53-,54-,133?,134?,135?,136?,137?,138?,139?/m1/s1. The van der Waals surface area contributed by atoms with Gasteiger partial charge in [0.2, 0.25) is 0 Å². The minimum absolute atomic E-state index is 0.00238. The van der Waals surface area contributed by atoms with Crippen LogP contribution in [0.1, 0.15) is 119 Å². The molecule has 0 radical (unpaired) electrons. The summed E-state index contributed by atoms with van der Waals surface area (Å²) in [6.07, 6.45) is -13.1. The number of aromatic amines is 1. The van der Waals surface area contributed by atoms with Crippen LogP contribution in [0.15, 0.2) is 88.4 Å². The highest BCUT2D eigenvalue weighted by molar-refractivity contribution is 8.46. The number of nitrogens with zero attached hydrogens (tertiary/aromatic N) is 21. The normalized spacial score (nSPS) is 29.5. The van der Waals surface area contributed by atoms with Crippen LogP contribution < -0.4 is 57.0 Å². The summed E-state index contributed by atoms with van der Waals surface area (Å²) in [7, 11) is 1.10. The van der Waals surface area contributed by atoms with E-state index in [0.29, 0.717) is 28.7 Å². The summed E-state index contributed by atoms with van der Waals surface area (Å²) in [5.74, 6) is 0.0163. The lowest BCUT2D eigenvalue weighted by molar-refractivity contribution is -0.0537. The first-order chi connectivity index (χ1) is 69.1. The SMILES string of the molecule is CC[C@H]1O[C@@H](n2cnc3c(N)ncnc32)CC1OP(=O)(S)OC[C@H]1O[C@@H](n2cnc3c(N)ncnc32)CC1OP(=O)(S)OC[C@H]1O[C@@H](n2cnc3c(N)ncnc32)CC1OP(=O)(S)OC[C@H]1O[C@@H](n2cc(C)c(N)nc2=O)CC1OP(=O)(S)OC[C@H]1O[C@@H](n2cc(C)c(=O)[nH]c2=O)CC1OP(=O)(S)OC[C@H]1O[C@@H](n2cc(C)c(N)nc2=O)CC1OP(=O)(S)OC[C@H]1O[C@@H](n2cnc3c(N)ncnc32)CC1OP(=O)(S)OC. The quantitative estimate of drug-likeness (QED) is 0.0128. The van der Waals surface area contributed by atoms with Gasteiger partial charge < -0.3 is 72.1 Å². The molecule has 0 bridgehead atoms. The Bertz CT molecular complexity index is 7400.